The average Bonchev–Trinajstić information content (AvgIpc) is 2.47. The van der Waals surface area contributed by atoms with E-state index in [9.17, 15) is 9.59 Å². The van der Waals surface area contributed by atoms with Gasteiger partial charge in [-0.1, -0.05) is 6.07 Å². The fraction of sp³-hybridized carbons (Fsp3) is 0.143. The van der Waals surface area contributed by atoms with Crippen LogP contribution in [-0.2, 0) is 0 Å². The summed E-state index contributed by atoms with van der Waals surface area (Å²) >= 11 is 0. The molecule has 2 aromatic rings. The third-order valence-corrected chi connectivity index (χ3v) is 2.57. The first-order valence-corrected chi connectivity index (χ1v) is 5.97. The molecule has 0 aliphatic heterocycles. The van der Waals surface area contributed by atoms with Crippen LogP contribution in [-0.4, -0.2) is 40.8 Å². The summed E-state index contributed by atoms with van der Waals surface area (Å²) in [6.07, 6.45) is 4.32. The van der Waals surface area contributed by atoms with Crippen molar-refractivity contribution in [1.82, 2.24) is 14.9 Å². The van der Waals surface area contributed by atoms with Gasteiger partial charge < -0.3 is 10.2 Å². The highest BCUT2D eigenvalue weighted by Gasteiger charge is 2.11. The second kappa shape index (κ2) is 5.92. The Morgan fingerprint density at radius 3 is 2.65 bits per heavy atom. The number of aromatic nitrogens is 2. The lowest BCUT2D eigenvalue weighted by molar-refractivity contribution is 0.0827. The van der Waals surface area contributed by atoms with Gasteiger partial charge in [-0.05, 0) is 18.2 Å². The smallest absolute Gasteiger partial charge is 0.275 e. The minimum Gasteiger partial charge on any atom is -0.345 e. The second-order valence-corrected chi connectivity index (χ2v) is 4.33. The van der Waals surface area contributed by atoms with Gasteiger partial charge in [0.15, 0.2) is 0 Å². The maximum atomic E-state index is 11.9. The van der Waals surface area contributed by atoms with Gasteiger partial charge in [0.2, 0.25) is 0 Å². The van der Waals surface area contributed by atoms with Crippen LogP contribution in [0.3, 0.4) is 0 Å². The van der Waals surface area contributed by atoms with Crippen molar-refractivity contribution in [1.29, 1.82) is 0 Å². The van der Waals surface area contributed by atoms with Gasteiger partial charge in [0.25, 0.3) is 11.8 Å². The third-order valence-electron chi connectivity index (χ3n) is 2.57. The van der Waals surface area contributed by atoms with Crippen LogP contribution in [0.2, 0.25) is 0 Å². The highest BCUT2D eigenvalue weighted by Crippen LogP contribution is 2.12. The van der Waals surface area contributed by atoms with E-state index in [1.165, 1.54) is 23.5 Å². The van der Waals surface area contributed by atoms with Crippen LogP contribution < -0.4 is 5.32 Å². The summed E-state index contributed by atoms with van der Waals surface area (Å²) in [6.45, 7) is 0. The monoisotopic (exact) mass is 270 g/mol. The van der Waals surface area contributed by atoms with Gasteiger partial charge in [-0.2, -0.15) is 0 Å². The van der Waals surface area contributed by atoms with Crippen molar-refractivity contribution in [3.8, 4) is 0 Å². The van der Waals surface area contributed by atoms with E-state index in [2.05, 4.69) is 15.3 Å². The van der Waals surface area contributed by atoms with Crippen LogP contribution >= 0.6 is 0 Å². The molecule has 0 aliphatic rings. The van der Waals surface area contributed by atoms with Crippen LogP contribution in [0.15, 0.2) is 42.9 Å². The quantitative estimate of drug-likeness (QED) is 0.915. The molecule has 0 unspecified atom stereocenters. The fourth-order valence-corrected chi connectivity index (χ4v) is 1.60. The molecule has 0 atom stereocenters. The molecule has 6 nitrogen and oxygen atoms in total. The van der Waals surface area contributed by atoms with E-state index in [4.69, 9.17) is 0 Å². The first-order valence-electron chi connectivity index (χ1n) is 5.97. The number of nitrogens with zero attached hydrogens (tertiary/aromatic N) is 3. The molecular weight excluding hydrogens is 256 g/mol. The summed E-state index contributed by atoms with van der Waals surface area (Å²) in [6, 6.07) is 6.74. The van der Waals surface area contributed by atoms with Gasteiger partial charge in [-0.25, -0.2) is 4.98 Å². The summed E-state index contributed by atoms with van der Waals surface area (Å²) < 4.78 is 0. The largest absolute Gasteiger partial charge is 0.345 e. The molecule has 102 valence electrons. The number of carbonyl (C=O) groups is 2. The van der Waals surface area contributed by atoms with E-state index in [-0.39, 0.29) is 17.5 Å². The van der Waals surface area contributed by atoms with Crippen molar-refractivity contribution in [2.75, 3.05) is 19.4 Å². The van der Waals surface area contributed by atoms with Crippen LogP contribution in [0.5, 0.6) is 0 Å². The summed E-state index contributed by atoms with van der Waals surface area (Å²) in [4.78, 5) is 33.0. The fourth-order valence-electron chi connectivity index (χ4n) is 1.60. The van der Waals surface area contributed by atoms with E-state index < -0.39 is 0 Å². The summed E-state index contributed by atoms with van der Waals surface area (Å²) in [7, 11) is 3.35. The first-order chi connectivity index (χ1) is 9.58. The van der Waals surface area contributed by atoms with Crippen molar-refractivity contribution in [2.24, 2.45) is 0 Å². The minimum absolute atomic E-state index is 0.124. The summed E-state index contributed by atoms with van der Waals surface area (Å²) in [5.74, 6) is -0.492. The van der Waals surface area contributed by atoms with Crippen LogP contribution in [0.1, 0.15) is 20.8 Å². The lowest BCUT2D eigenvalue weighted by Crippen LogP contribution is -2.22. The molecular formula is C14H14N4O2. The molecule has 0 aliphatic carbocycles. The van der Waals surface area contributed by atoms with Crippen molar-refractivity contribution < 1.29 is 9.59 Å². The lowest BCUT2D eigenvalue weighted by Gasteiger charge is -2.11. The zero-order valence-corrected chi connectivity index (χ0v) is 11.2. The molecule has 1 aromatic carbocycles. The SMILES string of the molecule is CN(C)C(=O)c1cccc(NC(=O)c2cnccn2)c1. The van der Waals surface area contributed by atoms with Crippen LogP contribution in [0.4, 0.5) is 5.69 Å². The molecule has 0 radical (unpaired) electrons. The Morgan fingerprint density at radius 2 is 2.00 bits per heavy atom. The Hall–Kier alpha value is -2.76. The number of benzene rings is 1. The standard InChI is InChI=1S/C14H14N4O2/c1-18(2)14(20)10-4-3-5-11(8-10)17-13(19)12-9-15-6-7-16-12/h3-9H,1-2H3,(H,17,19). The van der Waals surface area contributed by atoms with Gasteiger partial charge in [0.1, 0.15) is 5.69 Å². The van der Waals surface area contributed by atoms with Crippen molar-refractivity contribution in [3.05, 3.63) is 54.1 Å². The predicted molar refractivity (Wildman–Crippen MR) is 74.4 cm³/mol. The van der Waals surface area contributed by atoms with Crippen LogP contribution in [0, 0.1) is 0 Å². The van der Waals surface area contributed by atoms with Gasteiger partial charge in [0, 0.05) is 37.7 Å². The van der Waals surface area contributed by atoms with Crippen molar-refractivity contribution in [2.45, 2.75) is 0 Å². The number of amides is 2. The van der Waals surface area contributed by atoms with Crippen molar-refractivity contribution in [3.63, 3.8) is 0 Å². The molecule has 2 rings (SSSR count). The van der Waals surface area contributed by atoms with Crippen molar-refractivity contribution >= 4 is 17.5 Å². The molecule has 6 heteroatoms. The summed E-state index contributed by atoms with van der Waals surface area (Å²) in [5.41, 5.74) is 1.26. The van der Waals surface area contributed by atoms with Gasteiger partial charge in [-0.3, -0.25) is 14.6 Å². The minimum atomic E-state index is -0.368. The second-order valence-electron chi connectivity index (χ2n) is 4.33. The maximum absolute atomic E-state index is 11.9. The zero-order chi connectivity index (χ0) is 14.5. The molecule has 0 spiro atoms. The Labute approximate surface area is 116 Å². The average molecular weight is 270 g/mol. The first kappa shape index (κ1) is 13.7. The lowest BCUT2D eigenvalue weighted by atomic mass is 10.2. The zero-order valence-electron chi connectivity index (χ0n) is 11.2. The number of hydrogen-bond acceptors (Lipinski definition) is 4. The number of anilines is 1. The highest BCUT2D eigenvalue weighted by atomic mass is 16.2. The summed E-state index contributed by atoms with van der Waals surface area (Å²) in [5, 5.41) is 2.68. The van der Waals surface area contributed by atoms with E-state index in [1.807, 2.05) is 0 Å². The van der Waals surface area contributed by atoms with E-state index in [0.717, 1.165) is 0 Å². The Balaban J connectivity index is 2.16. The molecule has 0 fully saturated rings. The Kier molecular flexibility index (Phi) is 4.05. The molecule has 0 saturated heterocycles. The van der Waals surface area contributed by atoms with E-state index in [1.54, 1.807) is 38.4 Å². The van der Waals surface area contributed by atoms with Gasteiger partial charge >= 0.3 is 0 Å². The molecule has 0 bridgehead atoms. The Morgan fingerprint density at radius 1 is 1.20 bits per heavy atom. The van der Waals surface area contributed by atoms with Gasteiger partial charge in [0.05, 0.1) is 6.20 Å². The third kappa shape index (κ3) is 3.17. The van der Waals surface area contributed by atoms with E-state index in [0.29, 0.717) is 11.3 Å². The van der Waals surface area contributed by atoms with E-state index >= 15 is 0 Å². The molecule has 1 aromatic heterocycles. The number of nitrogens with one attached hydrogen (secondary N) is 1. The predicted octanol–water partition coefficient (Wildman–Crippen LogP) is 1.43. The molecule has 1 N–H and O–H groups in total. The number of rotatable bonds is 3. The molecule has 1 heterocycles. The Bertz CT molecular complexity index is 626. The number of hydrogen-bond donors (Lipinski definition) is 1. The normalized spacial score (nSPS) is 9.90. The highest BCUT2D eigenvalue weighted by molar-refractivity contribution is 6.03. The topological polar surface area (TPSA) is 75.2 Å². The van der Waals surface area contributed by atoms with Crippen LogP contribution in [0.25, 0.3) is 0 Å². The molecule has 0 saturated carbocycles. The molecule has 20 heavy (non-hydrogen) atoms. The number of carbonyl (C=O) groups excluding carboxylic acids is 2. The maximum Gasteiger partial charge on any atom is 0.275 e. The van der Waals surface area contributed by atoms with Gasteiger partial charge in [-0.15, -0.1) is 0 Å². The molecule has 2 amide bonds.